The molecule has 1 amide bonds. The van der Waals surface area contributed by atoms with Gasteiger partial charge in [-0.25, -0.2) is 0 Å². The van der Waals surface area contributed by atoms with E-state index in [1.165, 1.54) is 0 Å². The highest BCUT2D eigenvalue weighted by Crippen LogP contribution is 2.33. The SMILES string of the molecule is O=C1C[C@H]2CC=C(C[N+](=O)[O-])N12. The summed E-state index contributed by atoms with van der Waals surface area (Å²) in [6.45, 7) is -0.220. The summed E-state index contributed by atoms with van der Waals surface area (Å²) in [5, 5.41) is 10.2. The maximum Gasteiger partial charge on any atom is 0.243 e. The molecule has 2 aliphatic rings. The second-order valence-electron chi connectivity index (χ2n) is 3.04. The predicted octanol–water partition coefficient (Wildman–Crippen LogP) is 0.152. The van der Waals surface area contributed by atoms with Crippen molar-refractivity contribution in [1.82, 2.24) is 4.90 Å². The third-order valence-electron chi connectivity index (χ3n) is 2.27. The molecule has 2 heterocycles. The van der Waals surface area contributed by atoms with Crippen LogP contribution in [0, 0.1) is 10.1 Å². The van der Waals surface area contributed by atoms with E-state index in [0.29, 0.717) is 12.1 Å². The first-order valence-corrected chi connectivity index (χ1v) is 3.81. The van der Waals surface area contributed by atoms with Gasteiger partial charge in [0.25, 0.3) is 0 Å². The highest BCUT2D eigenvalue weighted by atomic mass is 16.6. The fourth-order valence-electron chi connectivity index (χ4n) is 1.71. The van der Waals surface area contributed by atoms with Crippen molar-refractivity contribution in [1.29, 1.82) is 0 Å². The number of hydrogen-bond donors (Lipinski definition) is 0. The van der Waals surface area contributed by atoms with Crippen LogP contribution in [-0.2, 0) is 4.79 Å². The molecule has 0 spiro atoms. The molecular formula is C7H8N2O3. The molecule has 0 N–H and O–H groups in total. The summed E-state index contributed by atoms with van der Waals surface area (Å²) in [5.41, 5.74) is 0.571. The van der Waals surface area contributed by atoms with Crippen LogP contribution in [0.4, 0.5) is 0 Å². The number of hydrogen-bond acceptors (Lipinski definition) is 3. The highest BCUT2D eigenvalue weighted by molar-refractivity contribution is 5.85. The van der Waals surface area contributed by atoms with Gasteiger partial charge >= 0.3 is 0 Å². The average molecular weight is 168 g/mol. The molecule has 12 heavy (non-hydrogen) atoms. The number of β-lactam (4-membered cyclic amide) rings is 1. The average Bonchev–Trinajstić information content (AvgIpc) is 2.24. The van der Waals surface area contributed by atoms with Gasteiger partial charge in [0, 0.05) is 17.4 Å². The number of fused-ring (bicyclic) bond motifs is 1. The van der Waals surface area contributed by atoms with Gasteiger partial charge in [-0.05, 0) is 6.42 Å². The third kappa shape index (κ3) is 0.895. The summed E-state index contributed by atoms with van der Waals surface area (Å²) >= 11 is 0. The van der Waals surface area contributed by atoms with E-state index in [2.05, 4.69) is 0 Å². The van der Waals surface area contributed by atoms with Crippen LogP contribution in [0.25, 0.3) is 0 Å². The zero-order valence-electron chi connectivity index (χ0n) is 6.40. The lowest BCUT2D eigenvalue weighted by molar-refractivity contribution is -0.472. The topological polar surface area (TPSA) is 63.4 Å². The molecule has 5 nitrogen and oxygen atoms in total. The molecule has 1 atom stereocenters. The Morgan fingerprint density at radius 2 is 2.50 bits per heavy atom. The van der Waals surface area contributed by atoms with Gasteiger partial charge in [0.2, 0.25) is 12.5 Å². The van der Waals surface area contributed by atoms with Gasteiger partial charge in [0.05, 0.1) is 5.70 Å². The molecular weight excluding hydrogens is 160 g/mol. The molecule has 0 aromatic heterocycles. The lowest BCUT2D eigenvalue weighted by atomic mass is 10.0. The fourth-order valence-corrected chi connectivity index (χ4v) is 1.71. The van der Waals surface area contributed by atoms with E-state index < -0.39 is 4.92 Å². The first-order valence-electron chi connectivity index (χ1n) is 3.81. The molecule has 1 fully saturated rings. The number of nitrogens with zero attached hydrogens (tertiary/aromatic N) is 2. The van der Waals surface area contributed by atoms with Crippen LogP contribution in [0.1, 0.15) is 12.8 Å². The lowest BCUT2D eigenvalue weighted by Gasteiger charge is -2.35. The summed E-state index contributed by atoms with van der Waals surface area (Å²) in [6.07, 6.45) is 3.13. The summed E-state index contributed by atoms with van der Waals surface area (Å²) in [5.74, 6) is 0.0191. The maximum atomic E-state index is 11.0. The van der Waals surface area contributed by atoms with Crippen molar-refractivity contribution in [3.63, 3.8) is 0 Å². The smallest absolute Gasteiger partial charge is 0.243 e. The molecule has 64 valence electrons. The predicted molar refractivity (Wildman–Crippen MR) is 39.8 cm³/mol. The van der Waals surface area contributed by atoms with E-state index in [1.54, 1.807) is 11.0 Å². The first kappa shape index (κ1) is 7.27. The van der Waals surface area contributed by atoms with Crippen molar-refractivity contribution in [2.75, 3.05) is 6.54 Å². The van der Waals surface area contributed by atoms with Crippen molar-refractivity contribution >= 4 is 5.91 Å². The molecule has 2 rings (SSSR count). The van der Waals surface area contributed by atoms with Gasteiger partial charge in [-0.3, -0.25) is 14.9 Å². The van der Waals surface area contributed by atoms with E-state index >= 15 is 0 Å². The maximum absolute atomic E-state index is 11.0. The second-order valence-corrected chi connectivity index (χ2v) is 3.04. The van der Waals surface area contributed by atoms with Crippen molar-refractivity contribution in [2.24, 2.45) is 0 Å². The molecule has 2 aliphatic heterocycles. The van der Waals surface area contributed by atoms with Crippen LogP contribution in [-0.4, -0.2) is 28.3 Å². The van der Waals surface area contributed by atoms with Gasteiger partial charge in [0.15, 0.2) is 0 Å². The van der Waals surface area contributed by atoms with Gasteiger partial charge in [-0.2, -0.15) is 0 Å². The van der Waals surface area contributed by atoms with Crippen molar-refractivity contribution in [3.05, 3.63) is 21.9 Å². The summed E-state index contributed by atoms with van der Waals surface area (Å²) < 4.78 is 0. The molecule has 0 aromatic rings. The lowest BCUT2D eigenvalue weighted by Crippen LogP contribution is -2.49. The van der Waals surface area contributed by atoms with E-state index in [4.69, 9.17) is 0 Å². The molecule has 0 aliphatic carbocycles. The van der Waals surface area contributed by atoms with Crippen molar-refractivity contribution in [2.45, 2.75) is 18.9 Å². The molecule has 1 saturated heterocycles. The molecule has 5 heteroatoms. The standard InChI is InChI=1S/C7H8N2O3/c10-7-3-5-1-2-6(9(5)7)4-8(11)12/h2,5H,1,3-4H2/t5-/m1/s1. The summed E-state index contributed by atoms with van der Waals surface area (Å²) in [4.78, 5) is 22.3. The number of carbonyl (C=O) groups is 1. The second kappa shape index (κ2) is 2.30. The van der Waals surface area contributed by atoms with Crippen LogP contribution in [0.5, 0.6) is 0 Å². The monoisotopic (exact) mass is 168 g/mol. The van der Waals surface area contributed by atoms with E-state index in [9.17, 15) is 14.9 Å². The highest BCUT2D eigenvalue weighted by Gasteiger charge is 2.42. The van der Waals surface area contributed by atoms with E-state index in [-0.39, 0.29) is 18.5 Å². The Bertz CT molecular complexity index is 284. The Morgan fingerprint density at radius 3 is 3.08 bits per heavy atom. The zero-order valence-corrected chi connectivity index (χ0v) is 6.40. The van der Waals surface area contributed by atoms with Crippen LogP contribution < -0.4 is 0 Å². The minimum atomic E-state index is -0.403. The normalized spacial score (nSPS) is 26.3. The molecule has 0 radical (unpaired) electrons. The Kier molecular flexibility index (Phi) is 1.39. The number of rotatable bonds is 2. The largest absolute Gasteiger partial charge is 0.306 e. The first-order chi connectivity index (χ1) is 5.68. The Labute approximate surface area is 68.8 Å². The zero-order chi connectivity index (χ0) is 8.72. The molecule has 0 unspecified atom stereocenters. The van der Waals surface area contributed by atoms with Crippen molar-refractivity contribution < 1.29 is 9.72 Å². The minimum absolute atomic E-state index is 0.0191. The Balaban J connectivity index is 2.07. The molecule has 0 aromatic carbocycles. The van der Waals surface area contributed by atoms with Gasteiger partial charge < -0.3 is 4.90 Å². The fraction of sp³-hybridized carbons (Fsp3) is 0.571. The van der Waals surface area contributed by atoms with Crippen LogP contribution >= 0.6 is 0 Å². The van der Waals surface area contributed by atoms with Gasteiger partial charge in [-0.1, -0.05) is 6.08 Å². The van der Waals surface area contributed by atoms with E-state index in [1.807, 2.05) is 0 Å². The molecule has 0 bridgehead atoms. The number of nitro groups is 1. The van der Waals surface area contributed by atoms with Crippen LogP contribution in [0.15, 0.2) is 11.8 Å². The Morgan fingerprint density at radius 1 is 1.75 bits per heavy atom. The van der Waals surface area contributed by atoms with Crippen LogP contribution in [0.3, 0.4) is 0 Å². The summed E-state index contributed by atoms with van der Waals surface area (Å²) in [6, 6.07) is 0.229. The van der Waals surface area contributed by atoms with Gasteiger partial charge in [-0.15, -0.1) is 0 Å². The number of amides is 1. The Hall–Kier alpha value is -1.39. The summed E-state index contributed by atoms with van der Waals surface area (Å²) in [7, 11) is 0. The quantitative estimate of drug-likeness (QED) is 0.335. The minimum Gasteiger partial charge on any atom is -0.306 e. The number of carbonyl (C=O) groups excluding carboxylic acids is 1. The molecule has 0 saturated carbocycles. The van der Waals surface area contributed by atoms with E-state index in [0.717, 1.165) is 6.42 Å². The van der Waals surface area contributed by atoms with Crippen LogP contribution in [0.2, 0.25) is 0 Å². The third-order valence-corrected chi connectivity index (χ3v) is 2.27. The van der Waals surface area contributed by atoms with Crippen molar-refractivity contribution in [3.8, 4) is 0 Å². The van der Waals surface area contributed by atoms with Gasteiger partial charge in [0.1, 0.15) is 0 Å².